The number of halogens is 6. The monoisotopic (exact) mass is 510 g/mol. The lowest BCUT2D eigenvalue weighted by atomic mass is 10.5. The van der Waals surface area contributed by atoms with E-state index >= 15 is 0 Å². The third-order valence-electron chi connectivity index (χ3n) is 1.72. The quantitative estimate of drug-likeness (QED) is 0.199. The molecule has 0 saturated carbocycles. The van der Waals surface area contributed by atoms with Gasteiger partial charge in [0.15, 0.2) is 0 Å². The van der Waals surface area contributed by atoms with Crippen LogP contribution in [0.2, 0.25) is 0 Å². The zero-order chi connectivity index (χ0) is 22.3. The molecular weight excluding hydrogens is 489 g/mol. The van der Waals surface area contributed by atoms with Crippen molar-refractivity contribution in [2.24, 2.45) is 0 Å². The van der Waals surface area contributed by atoms with E-state index in [1.807, 2.05) is 0 Å². The number of esters is 3. The van der Waals surface area contributed by atoms with Gasteiger partial charge in [-0.05, 0) is 0 Å². The molecule has 0 rings (SSSR count). The molecule has 0 N–H and O–H groups in total. The first-order valence-corrected chi connectivity index (χ1v) is 10.3. The van der Waals surface area contributed by atoms with Crippen LogP contribution >= 0.6 is 68.1 Å². The Labute approximate surface area is 189 Å². The van der Waals surface area contributed by atoms with Crippen molar-refractivity contribution in [3.63, 3.8) is 0 Å². The Morgan fingerprint density at radius 1 is 0.889 bits per heavy atom. The summed E-state index contributed by atoms with van der Waals surface area (Å²) in [4.78, 5) is 30.3. The molecule has 162 valence electrons. The molecule has 0 spiro atoms. The van der Waals surface area contributed by atoms with Crippen molar-refractivity contribution in [1.82, 2.24) is 0 Å². The van der Waals surface area contributed by atoms with E-state index in [1.54, 1.807) is 0 Å². The number of carbonyl (C=O) groups is 3. The molecule has 0 radical (unpaired) electrons. The summed E-state index contributed by atoms with van der Waals surface area (Å²) in [6.45, 7) is 7.89. The Hall–Kier alpha value is -0.110. The number of ether oxygens (including phenoxy) is 3. The molecule has 0 aliphatic rings. The number of hydrogen-bond donors (Lipinski definition) is 0. The zero-order valence-corrected chi connectivity index (χ0v) is 19.7. The summed E-state index contributed by atoms with van der Waals surface area (Å²) in [7, 11) is 8.22. The van der Waals surface area contributed by atoms with Gasteiger partial charge in [0, 0.05) is 48.4 Å². The summed E-state index contributed by atoms with van der Waals surface area (Å²) in [5, 5.41) is -0.268. The summed E-state index contributed by atoms with van der Waals surface area (Å²) in [5.41, 5.74) is 0. The molecule has 0 fully saturated rings. The molecule has 0 heterocycles. The number of carbonyl (C=O) groups excluding carboxylic acids is 3. The smallest absolute Gasteiger partial charge is 0.302 e. The number of rotatable bonds is 8. The van der Waals surface area contributed by atoms with Gasteiger partial charge in [-0.25, -0.2) is 0 Å². The maximum absolute atomic E-state index is 10.2. The van der Waals surface area contributed by atoms with Crippen LogP contribution < -0.4 is 0 Å². The van der Waals surface area contributed by atoms with E-state index in [2.05, 4.69) is 42.5 Å². The lowest BCUT2D eigenvalue weighted by Gasteiger charge is -2.08. The predicted octanol–water partition coefficient (Wildman–Crippen LogP) is 4.91. The molecular formula is C15H24Cl6O6. The second-order valence-electron chi connectivity index (χ2n) is 4.19. The number of hydrogen-bond acceptors (Lipinski definition) is 6. The lowest BCUT2D eigenvalue weighted by Crippen LogP contribution is -2.19. The van der Waals surface area contributed by atoms with Crippen LogP contribution in [0, 0.1) is 0 Å². The Morgan fingerprint density at radius 2 is 1.33 bits per heavy atom. The molecule has 1 atom stereocenters. The standard InChI is InChI=1S/2C5H8Cl2O2.C5H8O2.Cl2/c1-4(8)9-3-5(7)2-6;1-4(8)9-5(2-6)3-7;1-3-4-7-5(2)6;1-2/h2*5H,2-3H2,1H3;3H,1,4H2,2H3;. The molecule has 0 bridgehead atoms. The van der Waals surface area contributed by atoms with Gasteiger partial charge in [-0.2, -0.15) is 0 Å². The fourth-order valence-electron chi connectivity index (χ4n) is 0.768. The Balaban J connectivity index is -0.000000141. The fraction of sp³-hybridized carbons (Fsp3) is 0.667. The van der Waals surface area contributed by atoms with Crippen molar-refractivity contribution in [3.05, 3.63) is 12.7 Å². The van der Waals surface area contributed by atoms with Crippen molar-refractivity contribution in [1.29, 1.82) is 0 Å². The van der Waals surface area contributed by atoms with Crippen LogP contribution in [0.3, 0.4) is 0 Å². The maximum Gasteiger partial charge on any atom is 0.302 e. The lowest BCUT2D eigenvalue weighted by molar-refractivity contribution is -0.144. The van der Waals surface area contributed by atoms with Crippen molar-refractivity contribution in [3.8, 4) is 0 Å². The predicted molar refractivity (Wildman–Crippen MR) is 113 cm³/mol. The van der Waals surface area contributed by atoms with Crippen molar-refractivity contribution < 1.29 is 28.6 Å². The zero-order valence-electron chi connectivity index (χ0n) is 15.2. The SMILES string of the molecule is C=CCOC(C)=O.CC(=O)OC(CCl)CCl.CC(=O)OCC(Cl)CCl.ClCl. The molecule has 0 saturated heterocycles. The second kappa shape index (κ2) is 28.1. The summed E-state index contributed by atoms with van der Waals surface area (Å²) in [6.07, 6.45) is 1.19. The number of alkyl halides is 4. The Morgan fingerprint density at radius 3 is 1.52 bits per heavy atom. The van der Waals surface area contributed by atoms with Crippen LogP contribution in [0.5, 0.6) is 0 Å². The van der Waals surface area contributed by atoms with Crippen molar-refractivity contribution >= 4 is 86.0 Å². The van der Waals surface area contributed by atoms with Gasteiger partial charge in [0.2, 0.25) is 0 Å². The van der Waals surface area contributed by atoms with Gasteiger partial charge < -0.3 is 14.2 Å². The summed E-state index contributed by atoms with van der Waals surface area (Å²) >= 11 is 21.5. The van der Waals surface area contributed by atoms with Crippen LogP contribution in [0.15, 0.2) is 12.7 Å². The molecule has 0 amide bonds. The molecule has 0 aliphatic carbocycles. The molecule has 1 unspecified atom stereocenters. The van der Waals surface area contributed by atoms with E-state index in [1.165, 1.54) is 26.8 Å². The van der Waals surface area contributed by atoms with Crippen LogP contribution in [0.4, 0.5) is 0 Å². The molecule has 0 aromatic heterocycles. The van der Waals surface area contributed by atoms with Crippen LogP contribution in [-0.4, -0.2) is 60.2 Å². The molecule has 6 nitrogen and oxygen atoms in total. The van der Waals surface area contributed by atoms with Gasteiger partial charge in [0.25, 0.3) is 0 Å². The third-order valence-corrected chi connectivity index (χ3v) is 3.22. The van der Waals surface area contributed by atoms with E-state index in [0.717, 1.165) is 0 Å². The highest BCUT2D eigenvalue weighted by Crippen LogP contribution is 1.99. The van der Waals surface area contributed by atoms with Gasteiger partial charge in [-0.3, -0.25) is 14.4 Å². The minimum absolute atomic E-state index is 0.195. The molecule has 0 aromatic carbocycles. The largest absolute Gasteiger partial charge is 0.464 e. The van der Waals surface area contributed by atoms with Gasteiger partial charge in [0.05, 0.1) is 17.1 Å². The van der Waals surface area contributed by atoms with Crippen molar-refractivity contribution in [2.75, 3.05) is 30.9 Å². The molecule has 12 heteroatoms. The fourth-order valence-corrected chi connectivity index (χ4v) is 1.38. The topological polar surface area (TPSA) is 78.9 Å². The van der Waals surface area contributed by atoms with E-state index < -0.39 is 0 Å². The summed E-state index contributed by atoms with van der Waals surface area (Å²) in [6, 6.07) is 0. The first kappa shape index (κ1) is 34.4. The Kier molecular flexibility index (Phi) is 35.8. The minimum atomic E-state index is -0.346. The average molecular weight is 513 g/mol. The van der Waals surface area contributed by atoms with Crippen LogP contribution in [-0.2, 0) is 28.6 Å². The first-order valence-electron chi connectivity index (χ1n) is 7.15. The highest BCUT2D eigenvalue weighted by molar-refractivity contribution is 6.85. The summed E-state index contributed by atoms with van der Waals surface area (Å²) in [5.74, 6) is -0.131. The molecule has 0 aliphatic heterocycles. The second-order valence-corrected chi connectivity index (χ2v) is 5.73. The van der Waals surface area contributed by atoms with E-state index in [-0.39, 0.29) is 47.8 Å². The van der Waals surface area contributed by atoms with Crippen LogP contribution in [0.1, 0.15) is 20.8 Å². The van der Waals surface area contributed by atoms with E-state index in [0.29, 0.717) is 12.5 Å². The molecule has 27 heavy (non-hydrogen) atoms. The third kappa shape index (κ3) is 41.4. The van der Waals surface area contributed by atoms with Crippen LogP contribution in [0.25, 0.3) is 0 Å². The van der Waals surface area contributed by atoms with Crippen molar-refractivity contribution in [2.45, 2.75) is 32.3 Å². The van der Waals surface area contributed by atoms with Gasteiger partial charge in [0.1, 0.15) is 19.3 Å². The maximum atomic E-state index is 10.2. The van der Waals surface area contributed by atoms with Gasteiger partial charge >= 0.3 is 17.9 Å². The van der Waals surface area contributed by atoms with E-state index in [9.17, 15) is 14.4 Å². The first-order chi connectivity index (χ1) is 12.6. The highest BCUT2D eigenvalue weighted by atomic mass is 36.5. The minimum Gasteiger partial charge on any atom is -0.464 e. The van der Waals surface area contributed by atoms with E-state index in [4.69, 9.17) is 46.4 Å². The average Bonchev–Trinajstić information content (AvgIpc) is 2.64. The highest BCUT2D eigenvalue weighted by Gasteiger charge is 2.07. The van der Waals surface area contributed by atoms with Gasteiger partial charge in [-0.15, -0.1) is 46.4 Å². The molecule has 0 aromatic rings. The Bertz CT molecular complexity index is 380. The normalized spacial score (nSPS) is 9.70. The summed E-state index contributed by atoms with van der Waals surface area (Å²) < 4.78 is 13.6. The van der Waals surface area contributed by atoms with Gasteiger partial charge in [-0.1, -0.05) is 12.7 Å².